The van der Waals surface area contributed by atoms with E-state index in [1.54, 1.807) is 17.7 Å². The molecule has 1 aliphatic rings. The van der Waals surface area contributed by atoms with Crippen molar-refractivity contribution in [2.75, 3.05) is 25.1 Å². The predicted octanol–water partition coefficient (Wildman–Crippen LogP) is 4.51. The van der Waals surface area contributed by atoms with Gasteiger partial charge in [-0.15, -0.1) is 11.3 Å². The van der Waals surface area contributed by atoms with Crippen LogP contribution in [0, 0.1) is 0 Å². The Balaban J connectivity index is 1.63. The van der Waals surface area contributed by atoms with Gasteiger partial charge in [0.15, 0.2) is 0 Å². The number of hydrogen-bond acceptors (Lipinski definition) is 5. The fourth-order valence-corrected chi connectivity index (χ4v) is 4.18. The van der Waals surface area contributed by atoms with Gasteiger partial charge in [-0.25, -0.2) is 9.97 Å². The summed E-state index contributed by atoms with van der Waals surface area (Å²) in [6.07, 6.45) is 3.60. The van der Waals surface area contributed by atoms with Gasteiger partial charge in [0.1, 0.15) is 17.0 Å². The van der Waals surface area contributed by atoms with Crippen molar-refractivity contribution >= 4 is 39.0 Å². The minimum atomic E-state index is 0.0378. The Morgan fingerprint density at radius 1 is 1.12 bits per heavy atom. The quantitative estimate of drug-likeness (QED) is 0.744. The number of aromatic nitrogens is 2. The van der Waals surface area contributed by atoms with Crippen molar-refractivity contribution in [3.05, 3.63) is 52.6 Å². The van der Waals surface area contributed by atoms with Crippen LogP contribution in [0.2, 0.25) is 5.02 Å². The minimum absolute atomic E-state index is 0.0378. The molecule has 124 valence electrons. The van der Waals surface area contributed by atoms with E-state index >= 15 is 0 Å². The summed E-state index contributed by atoms with van der Waals surface area (Å²) >= 11 is 7.70. The molecule has 4 rings (SSSR count). The normalized spacial score (nSPS) is 17.0. The highest BCUT2D eigenvalue weighted by molar-refractivity contribution is 7.16. The zero-order valence-electron chi connectivity index (χ0n) is 13.2. The smallest absolute Gasteiger partial charge is 0.138 e. The third kappa shape index (κ3) is 2.99. The first-order valence-corrected chi connectivity index (χ1v) is 9.28. The lowest BCUT2D eigenvalue weighted by Crippen LogP contribution is -2.40. The van der Waals surface area contributed by atoms with Gasteiger partial charge in [0.2, 0.25) is 0 Å². The van der Waals surface area contributed by atoms with Gasteiger partial charge in [-0.2, -0.15) is 0 Å². The van der Waals surface area contributed by atoms with Crippen LogP contribution in [0.15, 0.2) is 42.0 Å². The summed E-state index contributed by atoms with van der Waals surface area (Å²) in [5, 5.41) is 7.47. The summed E-state index contributed by atoms with van der Waals surface area (Å²) in [5.41, 5.74) is 1.34. The number of thiophene rings is 1. The fourth-order valence-electron chi connectivity index (χ4n) is 3.32. The maximum absolute atomic E-state index is 6.07. The van der Waals surface area contributed by atoms with E-state index in [-0.39, 0.29) is 5.41 Å². The van der Waals surface area contributed by atoms with E-state index in [1.807, 2.05) is 17.5 Å². The van der Waals surface area contributed by atoms with Crippen LogP contribution in [-0.4, -0.2) is 29.7 Å². The molecule has 1 N–H and O–H groups in total. The molecule has 0 aliphatic carbocycles. The van der Waals surface area contributed by atoms with Crippen molar-refractivity contribution < 1.29 is 4.74 Å². The molecule has 0 unspecified atom stereocenters. The van der Waals surface area contributed by atoms with Gasteiger partial charge in [0, 0.05) is 30.2 Å². The average Bonchev–Trinajstić information content (AvgIpc) is 3.10. The highest BCUT2D eigenvalue weighted by Crippen LogP contribution is 2.36. The second-order valence-corrected chi connectivity index (χ2v) is 7.45. The fraction of sp³-hybridized carbons (Fsp3) is 0.333. The minimum Gasteiger partial charge on any atom is -0.381 e. The van der Waals surface area contributed by atoms with Crippen LogP contribution in [0.3, 0.4) is 0 Å². The van der Waals surface area contributed by atoms with Gasteiger partial charge in [0.25, 0.3) is 0 Å². The number of nitrogens with zero attached hydrogens (tertiary/aromatic N) is 2. The van der Waals surface area contributed by atoms with Crippen molar-refractivity contribution in [1.29, 1.82) is 0 Å². The molecule has 0 spiro atoms. The van der Waals surface area contributed by atoms with E-state index < -0.39 is 0 Å². The lowest BCUT2D eigenvalue weighted by molar-refractivity contribution is 0.0544. The Kier molecular flexibility index (Phi) is 4.39. The van der Waals surface area contributed by atoms with Crippen LogP contribution in [0.25, 0.3) is 10.2 Å². The van der Waals surface area contributed by atoms with Crippen LogP contribution in [0.1, 0.15) is 18.4 Å². The number of benzene rings is 1. The van der Waals surface area contributed by atoms with Crippen LogP contribution in [0.5, 0.6) is 0 Å². The molecule has 3 aromatic rings. The summed E-state index contributed by atoms with van der Waals surface area (Å²) in [6, 6.07) is 10.3. The van der Waals surface area contributed by atoms with Gasteiger partial charge < -0.3 is 10.1 Å². The first-order chi connectivity index (χ1) is 11.8. The maximum Gasteiger partial charge on any atom is 0.138 e. The van der Waals surface area contributed by atoms with E-state index in [4.69, 9.17) is 16.3 Å². The SMILES string of the molecule is Clc1ccc(C2(CNc3ncnc4sccc34)CCOCC2)cc1. The maximum atomic E-state index is 6.07. The Bertz CT molecular complexity index is 828. The number of halogens is 1. The first-order valence-electron chi connectivity index (χ1n) is 8.03. The molecule has 1 aromatic carbocycles. The second-order valence-electron chi connectivity index (χ2n) is 6.11. The molecule has 6 heteroatoms. The van der Waals surface area contributed by atoms with E-state index in [0.717, 1.165) is 53.7 Å². The van der Waals surface area contributed by atoms with E-state index in [1.165, 1.54) is 5.56 Å². The average molecular weight is 360 g/mol. The van der Waals surface area contributed by atoms with Gasteiger partial charge in [-0.3, -0.25) is 0 Å². The third-order valence-electron chi connectivity index (χ3n) is 4.76. The molecule has 24 heavy (non-hydrogen) atoms. The van der Waals surface area contributed by atoms with Crippen LogP contribution < -0.4 is 5.32 Å². The number of ether oxygens (including phenoxy) is 1. The highest BCUT2D eigenvalue weighted by atomic mass is 35.5. The molecule has 0 atom stereocenters. The molecular formula is C18H18ClN3OS. The zero-order chi connectivity index (χ0) is 16.4. The molecule has 4 nitrogen and oxygen atoms in total. The lowest BCUT2D eigenvalue weighted by atomic mass is 9.74. The van der Waals surface area contributed by atoms with Crippen molar-refractivity contribution in [3.8, 4) is 0 Å². The molecule has 1 saturated heterocycles. The zero-order valence-corrected chi connectivity index (χ0v) is 14.7. The molecule has 1 fully saturated rings. The Labute approximate surface area is 149 Å². The predicted molar refractivity (Wildman–Crippen MR) is 99.1 cm³/mol. The molecule has 1 aliphatic heterocycles. The summed E-state index contributed by atoms with van der Waals surface area (Å²) in [6.45, 7) is 2.38. The Morgan fingerprint density at radius 3 is 2.71 bits per heavy atom. The number of fused-ring (bicyclic) bond motifs is 1. The summed E-state index contributed by atoms with van der Waals surface area (Å²) < 4.78 is 5.60. The highest BCUT2D eigenvalue weighted by Gasteiger charge is 2.34. The van der Waals surface area contributed by atoms with Crippen LogP contribution in [-0.2, 0) is 10.2 Å². The van der Waals surface area contributed by atoms with E-state index in [2.05, 4.69) is 33.5 Å². The van der Waals surface area contributed by atoms with Crippen LogP contribution in [0.4, 0.5) is 5.82 Å². The van der Waals surface area contributed by atoms with E-state index in [9.17, 15) is 0 Å². The van der Waals surface area contributed by atoms with Gasteiger partial charge in [-0.1, -0.05) is 23.7 Å². The van der Waals surface area contributed by atoms with Crippen molar-refractivity contribution in [3.63, 3.8) is 0 Å². The van der Waals surface area contributed by atoms with Crippen molar-refractivity contribution in [2.45, 2.75) is 18.3 Å². The summed E-state index contributed by atoms with van der Waals surface area (Å²) in [4.78, 5) is 9.76. The molecule has 2 aromatic heterocycles. The summed E-state index contributed by atoms with van der Waals surface area (Å²) in [5.74, 6) is 0.904. The largest absolute Gasteiger partial charge is 0.381 e. The molecule has 3 heterocycles. The molecule has 0 saturated carbocycles. The summed E-state index contributed by atoms with van der Waals surface area (Å²) in [7, 11) is 0. The van der Waals surface area contributed by atoms with Crippen molar-refractivity contribution in [1.82, 2.24) is 9.97 Å². The Morgan fingerprint density at radius 2 is 1.92 bits per heavy atom. The second kappa shape index (κ2) is 6.67. The standard InChI is InChI=1S/C18H18ClN3OS/c19-14-3-1-13(2-4-14)18(6-8-23-9-7-18)11-20-16-15-5-10-24-17(15)22-12-21-16/h1-5,10,12H,6-9,11H2,(H,20,21,22). The van der Waals surface area contributed by atoms with E-state index in [0.29, 0.717) is 0 Å². The number of anilines is 1. The first kappa shape index (κ1) is 15.8. The molecular weight excluding hydrogens is 342 g/mol. The molecule has 0 radical (unpaired) electrons. The van der Waals surface area contributed by atoms with Crippen molar-refractivity contribution in [2.24, 2.45) is 0 Å². The van der Waals surface area contributed by atoms with Gasteiger partial charge in [-0.05, 0) is 42.0 Å². The third-order valence-corrected chi connectivity index (χ3v) is 5.84. The number of nitrogens with one attached hydrogen (secondary N) is 1. The van der Waals surface area contributed by atoms with Gasteiger partial charge >= 0.3 is 0 Å². The molecule has 0 bridgehead atoms. The number of hydrogen-bond donors (Lipinski definition) is 1. The Hall–Kier alpha value is -1.69. The van der Waals surface area contributed by atoms with Gasteiger partial charge in [0.05, 0.1) is 5.39 Å². The number of rotatable bonds is 4. The lowest BCUT2D eigenvalue weighted by Gasteiger charge is -2.38. The monoisotopic (exact) mass is 359 g/mol. The van der Waals surface area contributed by atoms with Crippen LogP contribution >= 0.6 is 22.9 Å². The topological polar surface area (TPSA) is 47.0 Å². The molecule has 0 amide bonds.